The lowest BCUT2D eigenvalue weighted by molar-refractivity contribution is -0.385. The van der Waals surface area contributed by atoms with Crippen LogP contribution in [0, 0.1) is 17.0 Å². The molecule has 0 aromatic heterocycles. The summed E-state index contributed by atoms with van der Waals surface area (Å²) in [6.45, 7) is 7.32. The lowest BCUT2D eigenvalue weighted by atomic mass is 10.0. The van der Waals surface area contributed by atoms with Gasteiger partial charge < -0.3 is 9.80 Å². The number of para-hydroxylation sites is 1. The molecule has 3 rings (SSSR count). The first-order valence-corrected chi connectivity index (χ1v) is 9.72. The lowest BCUT2D eigenvalue weighted by Gasteiger charge is -2.34. The molecule has 152 valence electrons. The summed E-state index contributed by atoms with van der Waals surface area (Å²) in [6, 6.07) is 12.4. The van der Waals surface area contributed by atoms with Crippen LogP contribution < -0.4 is 0 Å². The van der Waals surface area contributed by atoms with Gasteiger partial charge in [-0.1, -0.05) is 38.1 Å². The molecule has 0 atom stereocenters. The quantitative estimate of drug-likeness (QED) is 0.585. The molecule has 7 nitrogen and oxygen atoms in total. The van der Waals surface area contributed by atoms with E-state index >= 15 is 0 Å². The van der Waals surface area contributed by atoms with Crippen molar-refractivity contribution in [3.8, 4) is 0 Å². The van der Waals surface area contributed by atoms with Crippen molar-refractivity contribution in [1.29, 1.82) is 0 Å². The van der Waals surface area contributed by atoms with E-state index in [1.165, 1.54) is 11.6 Å². The molecule has 0 unspecified atom stereocenters. The number of piperazine rings is 1. The summed E-state index contributed by atoms with van der Waals surface area (Å²) < 4.78 is 0. The molecule has 1 aliphatic rings. The fourth-order valence-corrected chi connectivity index (χ4v) is 3.55. The molecule has 2 aromatic carbocycles. The molecular formula is C22H25N3O4. The van der Waals surface area contributed by atoms with Gasteiger partial charge in [-0.05, 0) is 36.6 Å². The number of benzene rings is 2. The van der Waals surface area contributed by atoms with E-state index < -0.39 is 4.92 Å². The van der Waals surface area contributed by atoms with Gasteiger partial charge in [0.1, 0.15) is 5.56 Å². The Morgan fingerprint density at radius 1 is 0.931 bits per heavy atom. The van der Waals surface area contributed by atoms with Crippen molar-refractivity contribution in [1.82, 2.24) is 9.80 Å². The minimum Gasteiger partial charge on any atom is -0.335 e. The summed E-state index contributed by atoms with van der Waals surface area (Å²) in [6.07, 6.45) is 0. The van der Waals surface area contributed by atoms with E-state index in [-0.39, 0.29) is 23.1 Å². The third kappa shape index (κ3) is 4.29. The second kappa shape index (κ2) is 8.43. The van der Waals surface area contributed by atoms with Crippen LogP contribution in [0.2, 0.25) is 0 Å². The number of nitrogens with zero attached hydrogens (tertiary/aromatic N) is 3. The van der Waals surface area contributed by atoms with E-state index in [0.29, 0.717) is 43.2 Å². The molecule has 0 aliphatic carbocycles. The van der Waals surface area contributed by atoms with Crippen molar-refractivity contribution >= 4 is 17.5 Å². The Kier molecular flexibility index (Phi) is 5.96. The fourth-order valence-electron chi connectivity index (χ4n) is 3.55. The second-order valence-corrected chi connectivity index (χ2v) is 7.59. The van der Waals surface area contributed by atoms with Crippen molar-refractivity contribution in [3.05, 3.63) is 74.8 Å². The average molecular weight is 395 g/mol. The van der Waals surface area contributed by atoms with Crippen LogP contribution in [0.3, 0.4) is 0 Å². The molecule has 2 aromatic rings. The van der Waals surface area contributed by atoms with Crippen LogP contribution in [-0.2, 0) is 0 Å². The van der Waals surface area contributed by atoms with E-state index in [9.17, 15) is 19.7 Å². The SMILES string of the molecule is Cc1cccc(C(=O)N2CCN(C(=O)c3ccc(C(C)C)cc3)CC2)c1[N+](=O)[O-]. The Hall–Kier alpha value is -3.22. The maximum absolute atomic E-state index is 12.8. The highest BCUT2D eigenvalue weighted by molar-refractivity contribution is 5.99. The summed E-state index contributed by atoms with van der Waals surface area (Å²) in [7, 11) is 0. The van der Waals surface area contributed by atoms with Gasteiger partial charge in [0.2, 0.25) is 0 Å². The Morgan fingerprint density at radius 2 is 1.48 bits per heavy atom. The van der Waals surface area contributed by atoms with Gasteiger partial charge in [-0.3, -0.25) is 19.7 Å². The standard InChI is InChI=1S/C22H25N3O4/c1-15(2)17-7-9-18(10-8-17)21(26)23-11-13-24(14-12-23)22(27)19-6-4-5-16(3)20(19)25(28)29/h4-10,15H,11-14H2,1-3H3. The van der Waals surface area contributed by atoms with Crippen molar-refractivity contribution in [2.24, 2.45) is 0 Å². The van der Waals surface area contributed by atoms with Gasteiger partial charge in [0.05, 0.1) is 4.92 Å². The third-order valence-electron chi connectivity index (χ3n) is 5.33. The molecule has 0 bridgehead atoms. The van der Waals surface area contributed by atoms with Crippen molar-refractivity contribution in [2.45, 2.75) is 26.7 Å². The molecule has 0 spiro atoms. The van der Waals surface area contributed by atoms with E-state index in [4.69, 9.17) is 0 Å². The van der Waals surface area contributed by atoms with Crippen LogP contribution in [0.25, 0.3) is 0 Å². The first-order chi connectivity index (χ1) is 13.8. The molecule has 1 aliphatic heterocycles. The second-order valence-electron chi connectivity index (χ2n) is 7.59. The fraction of sp³-hybridized carbons (Fsp3) is 0.364. The summed E-state index contributed by atoms with van der Waals surface area (Å²) in [4.78, 5) is 39.8. The minimum atomic E-state index is -0.511. The summed E-state index contributed by atoms with van der Waals surface area (Å²) in [5, 5.41) is 11.4. The predicted molar refractivity (Wildman–Crippen MR) is 110 cm³/mol. The van der Waals surface area contributed by atoms with Crippen LogP contribution >= 0.6 is 0 Å². The highest BCUT2D eigenvalue weighted by Crippen LogP contribution is 2.25. The Balaban J connectivity index is 1.68. The zero-order chi connectivity index (χ0) is 21.1. The Bertz CT molecular complexity index is 930. The maximum atomic E-state index is 12.8. The van der Waals surface area contributed by atoms with Crippen molar-refractivity contribution < 1.29 is 14.5 Å². The predicted octanol–water partition coefficient (Wildman–Crippen LogP) is 3.62. The molecule has 0 radical (unpaired) electrons. The van der Waals surface area contributed by atoms with Crippen LogP contribution in [0.15, 0.2) is 42.5 Å². The summed E-state index contributed by atoms with van der Waals surface area (Å²) in [5.74, 6) is -0.0258. The Labute approximate surface area is 170 Å². The van der Waals surface area contributed by atoms with Crippen LogP contribution in [0.4, 0.5) is 5.69 Å². The maximum Gasteiger partial charge on any atom is 0.285 e. The minimum absolute atomic E-state index is 0.0612. The Morgan fingerprint density at radius 3 is 2.00 bits per heavy atom. The monoisotopic (exact) mass is 395 g/mol. The van der Waals surface area contributed by atoms with Crippen LogP contribution in [0.1, 0.15) is 51.6 Å². The van der Waals surface area contributed by atoms with E-state index in [1.807, 2.05) is 24.3 Å². The first kappa shape index (κ1) is 20.5. The number of amides is 2. The topological polar surface area (TPSA) is 83.8 Å². The van der Waals surface area contributed by atoms with Crippen molar-refractivity contribution in [3.63, 3.8) is 0 Å². The largest absolute Gasteiger partial charge is 0.335 e. The molecular weight excluding hydrogens is 370 g/mol. The smallest absolute Gasteiger partial charge is 0.285 e. The summed E-state index contributed by atoms with van der Waals surface area (Å²) >= 11 is 0. The highest BCUT2D eigenvalue weighted by Gasteiger charge is 2.30. The van der Waals surface area contributed by atoms with Gasteiger partial charge in [0.25, 0.3) is 17.5 Å². The van der Waals surface area contributed by atoms with Gasteiger partial charge in [-0.2, -0.15) is 0 Å². The number of aryl methyl sites for hydroxylation is 1. The number of nitro benzene ring substituents is 1. The molecule has 29 heavy (non-hydrogen) atoms. The average Bonchev–Trinajstić information content (AvgIpc) is 2.72. The number of rotatable bonds is 4. The molecule has 0 N–H and O–H groups in total. The molecule has 1 heterocycles. The zero-order valence-electron chi connectivity index (χ0n) is 16.9. The molecule has 0 saturated carbocycles. The number of hydrogen-bond acceptors (Lipinski definition) is 4. The lowest BCUT2D eigenvalue weighted by Crippen LogP contribution is -2.50. The molecule has 7 heteroatoms. The van der Waals surface area contributed by atoms with Crippen LogP contribution in [0.5, 0.6) is 0 Å². The normalized spacial score (nSPS) is 14.2. The highest BCUT2D eigenvalue weighted by atomic mass is 16.6. The zero-order valence-corrected chi connectivity index (χ0v) is 16.9. The van der Waals surface area contributed by atoms with Crippen molar-refractivity contribution in [2.75, 3.05) is 26.2 Å². The molecule has 2 amide bonds. The van der Waals surface area contributed by atoms with Gasteiger partial charge in [0, 0.05) is 37.3 Å². The van der Waals surface area contributed by atoms with Crippen LogP contribution in [-0.4, -0.2) is 52.7 Å². The number of hydrogen-bond donors (Lipinski definition) is 0. The van der Waals surface area contributed by atoms with Gasteiger partial charge in [-0.15, -0.1) is 0 Å². The first-order valence-electron chi connectivity index (χ1n) is 9.72. The molecule has 1 saturated heterocycles. The van der Waals surface area contributed by atoms with E-state index in [1.54, 1.807) is 28.9 Å². The summed E-state index contributed by atoms with van der Waals surface area (Å²) in [5.41, 5.74) is 2.21. The third-order valence-corrected chi connectivity index (χ3v) is 5.33. The van der Waals surface area contributed by atoms with Gasteiger partial charge in [-0.25, -0.2) is 0 Å². The number of carbonyl (C=O) groups is 2. The van der Waals surface area contributed by atoms with E-state index in [2.05, 4.69) is 13.8 Å². The number of carbonyl (C=O) groups excluding carboxylic acids is 2. The van der Waals surface area contributed by atoms with Gasteiger partial charge >= 0.3 is 0 Å². The number of nitro groups is 1. The van der Waals surface area contributed by atoms with E-state index in [0.717, 1.165) is 0 Å². The molecule has 1 fully saturated rings. The van der Waals surface area contributed by atoms with Gasteiger partial charge in [0.15, 0.2) is 0 Å².